The van der Waals surface area contributed by atoms with Gasteiger partial charge in [0.25, 0.3) is 0 Å². The Hall–Kier alpha value is -0.870. The van der Waals surface area contributed by atoms with E-state index < -0.39 is 0 Å². The molecule has 0 amide bonds. The Morgan fingerprint density at radius 1 is 1.65 bits per heavy atom. The second kappa shape index (κ2) is 7.45. The third kappa shape index (κ3) is 5.84. The van der Waals surface area contributed by atoms with Crippen molar-refractivity contribution in [2.24, 2.45) is 5.92 Å². The van der Waals surface area contributed by atoms with E-state index in [2.05, 4.69) is 18.8 Å². The molecule has 1 N–H and O–H groups in total. The molecule has 0 bridgehead atoms. The van der Waals surface area contributed by atoms with Gasteiger partial charge in [0.15, 0.2) is 0 Å². The summed E-state index contributed by atoms with van der Waals surface area (Å²) in [5.41, 5.74) is 0.460. The molecule has 17 heavy (non-hydrogen) atoms. The van der Waals surface area contributed by atoms with Gasteiger partial charge in [-0.05, 0) is 32.1 Å². The van der Waals surface area contributed by atoms with Gasteiger partial charge in [0.2, 0.25) is 0 Å². The Balaban J connectivity index is 2.01. The summed E-state index contributed by atoms with van der Waals surface area (Å²) >= 11 is 0. The molecule has 0 radical (unpaired) electrons. The summed E-state index contributed by atoms with van der Waals surface area (Å²) in [6.07, 6.45) is 3.18. The molecule has 1 heterocycles. The predicted octanol–water partition coefficient (Wildman–Crippen LogP) is 1.86. The molecule has 0 aromatic carbocycles. The number of hydrogen-bond donors (Lipinski definition) is 1. The van der Waals surface area contributed by atoms with Gasteiger partial charge in [-0.3, -0.25) is 5.32 Å². The van der Waals surface area contributed by atoms with Gasteiger partial charge in [-0.1, -0.05) is 13.5 Å². The lowest BCUT2D eigenvalue weighted by atomic mass is 10.0. The minimum atomic E-state index is -0.293. The molecule has 0 saturated carbocycles. The Morgan fingerprint density at radius 2 is 2.41 bits per heavy atom. The Morgan fingerprint density at radius 3 is 3.00 bits per heavy atom. The maximum absolute atomic E-state index is 11.1. The second-order valence-electron chi connectivity index (χ2n) is 4.71. The third-order valence-corrected chi connectivity index (χ3v) is 2.83. The van der Waals surface area contributed by atoms with E-state index in [0.29, 0.717) is 18.1 Å². The monoisotopic (exact) mass is 241 g/mol. The predicted molar refractivity (Wildman–Crippen MR) is 66.5 cm³/mol. The van der Waals surface area contributed by atoms with E-state index in [1.54, 1.807) is 6.92 Å². The normalized spacial score (nSPS) is 21.2. The maximum Gasteiger partial charge on any atom is 0.333 e. The first-order valence-corrected chi connectivity index (χ1v) is 6.27. The van der Waals surface area contributed by atoms with Crippen molar-refractivity contribution >= 4 is 5.97 Å². The average Bonchev–Trinajstić information content (AvgIpc) is 2.76. The number of nitrogens with one attached hydrogen (secondary N) is 1. The maximum atomic E-state index is 11.1. The standard InChI is InChI=1S/C13H23NO3/c1-10(2)13(15)17-7-4-5-11(3)9-12-14-6-8-16-12/h11-12,14H,1,4-9H2,2-3H3. The lowest BCUT2D eigenvalue weighted by Gasteiger charge is -2.16. The third-order valence-electron chi connectivity index (χ3n) is 2.83. The highest BCUT2D eigenvalue weighted by atomic mass is 16.5. The lowest BCUT2D eigenvalue weighted by Crippen LogP contribution is -2.24. The fraction of sp³-hybridized carbons (Fsp3) is 0.769. The molecule has 0 aromatic heterocycles. The highest BCUT2D eigenvalue weighted by Crippen LogP contribution is 2.15. The topological polar surface area (TPSA) is 47.6 Å². The van der Waals surface area contributed by atoms with Gasteiger partial charge in [0.1, 0.15) is 6.23 Å². The van der Waals surface area contributed by atoms with Crippen molar-refractivity contribution in [3.05, 3.63) is 12.2 Å². The zero-order chi connectivity index (χ0) is 12.7. The molecule has 0 aliphatic carbocycles. The van der Waals surface area contributed by atoms with E-state index in [4.69, 9.17) is 9.47 Å². The van der Waals surface area contributed by atoms with Gasteiger partial charge in [0, 0.05) is 12.1 Å². The first-order valence-electron chi connectivity index (χ1n) is 6.27. The Labute approximate surface area is 103 Å². The molecule has 1 aliphatic heterocycles. The van der Waals surface area contributed by atoms with E-state index in [0.717, 1.165) is 32.4 Å². The summed E-state index contributed by atoms with van der Waals surface area (Å²) in [7, 11) is 0. The molecular formula is C13H23NO3. The van der Waals surface area contributed by atoms with Gasteiger partial charge in [0.05, 0.1) is 13.2 Å². The molecule has 98 valence electrons. The number of ether oxygens (including phenoxy) is 2. The van der Waals surface area contributed by atoms with E-state index in [1.807, 2.05) is 0 Å². The van der Waals surface area contributed by atoms with Gasteiger partial charge in [-0.2, -0.15) is 0 Å². The van der Waals surface area contributed by atoms with Crippen molar-refractivity contribution in [1.82, 2.24) is 5.32 Å². The minimum absolute atomic E-state index is 0.211. The van der Waals surface area contributed by atoms with Crippen LogP contribution < -0.4 is 5.32 Å². The van der Waals surface area contributed by atoms with E-state index >= 15 is 0 Å². The quantitative estimate of drug-likeness (QED) is 0.420. The first-order chi connectivity index (χ1) is 8.09. The Bertz CT molecular complexity index is 259. The van der Waals surface area contributed by atoms with Crippen LogP contribution in [0.25, 0.3) is 0 Å². The van der Waals surface area contributed by atoms with Crippen LogP contribution in [0.3, 0.4) is 0 Å². The van der Waals surface area contributed by atoms with Crippen molar-refractivity contribution in [2.45, 2.75) is 39.3 Å². The van der Waals surface area contributed by atoms with Gasteiger partial charge < -0.3 is 9.47 Å². The molecule has 1 aliphatic rings. The SMILES string of the molecule is C=C(C)C(=O)OCCCC(C)CC1NCCO1. The van der Waals surface area contributed by atoms with Gasteiger partial charge >= 0.3 is 5.97 Å². The molecule has 2 unspecified atom stereocenters. The zero-order valence-electron chi connectivity index (χ0n) is 10.8. The van der Waals surface area contributed by atoms with Crippen LogP contribution in [0, 0.1) is 5.92 Å². The minimum Gasteiger partial charge on any atom is -0.462 e. The summed E-state index contributed by atoms with van der Waals surface area (Å²) in [6, 6.07) is 0. The van der Waals surface area contributed by atoms with Crippen LogP contribution >= 0.6 is 0 Å². The van der Waals surface area contributed by atoms with Crippen LogP contribution in [0.2, 0.25) is 0 Å². The summed E-state index contributed by atoms with van der Waals surface area (Å²) in [4.78, 5) is 11.1. The molecule has 0 spiro atoms. The van der Waals surface area contributed by atoms with Crippen molar-refractivity contribution in [1.29, 1.82) is 0 Å². The first kappa shape index (κ1) is 14.2. The molecule has 4 nitrogen and oxygen atoms in total. The van der Waals surface area contributed by atoms with Crippen LogP contribution in [0.1, 0.15) is 33.1 Å². The molecule has 4 heteroatoms. The number of rotatable bonds is 7. The largest absolute Gasteiger partial charge is 0.462 e. The van der Waals surface area contributed by atoms with Crippen molar-refractivity contribution in [3.8, 4) is 0 Å². The Kier molecular flexibility index (Phi) is 6.22. The lowest BCUT2D eigenvalue weighted by molar-refractivity contribution is -0.139. The molecule has 0 aromatic rings. The summed E-state index contributed by atoms with van der Waals surface area (Å²) in [5.74, 6) is 0.285. The highest BCUT2D eigenvalue weighted by Gasteiger charge is 2.17. The van der Waals surface area contributed by atoms with Crippen molar-refractivity contribution in [3.63, 3.8) is 0 Å². The number of carbonyl (C=O) groups is 1. The number of carbonyl (C=O) groups excluding carboxylic acids is 1. The van der Waals surface area contributed by atoms with Crippen LogP contribution in [0.15, 0.2) is 12.2 Å². The molecule has 1 fully saturated rings. The summed E-state index contributed by atoms with van der Waals surface area (Å²) < 4.78 is 10.5. The summed E-state index contributed by atoms with van der Waals surface area (Å²) in [6.45, 7) is 9.64. The van der Waals surface area contributed by atoms with Crippen LogP contribution in [-0.2, 0) is 14.3 Å². The second-order valence-corrected chi connectivity index (χ2v) is 4.71. The molecule has 1 rings (SSSR count). The molecule has 2 atom stereocenters. The van der Waals surface area contributed by atoms with Crippen LogP contribution in [-0.4, -0.2) is 32.0 Å². The van der Waals surface area contributed by atoms with Crippen LogP contribution in [0.4, 0.5) is 0 Å². The van der Waals surface area contributed by atoms with E-state index in [1.165, 1.54) is 0 Å². The highest BCUT2D eigenvalue weighted by molar-refractivity contribution is 5.86. The average molecular weight is 241 g/mol. The molecular weight excluding hydrogens is 218 g/mol. The smallest absolute Gasteiger partial charge is 0.333 e. The fourth-order valence-electron chi connectivity index (χ4n) is 1.83. The fourth-order valence-corrected chi connectivity index (χ4v) is 1.83. The summed E-state index contributed by atoms with van der Waals surface area (Å²) in [5, 5.41) is 3.29. The molecule has 1 saturated heterocycles. The van der Waals surface area contributed by atoms with Gasteiger partial charge in [-0.15, -0.1) is 0 Å². The zero-order valence-corrected chi connectivity index (χ0v) is 10.8. The van der Waals surface area contributed by atoms with Crippen molar-refractivity contribution in [2.75, 3.05) is 19.8 Å². The van der Waals surface area contributed by atoms with Crippen LogP contribution in [0.5, 0.6) is 0 Å². The van der Waals surface area contributed by atoms with Crippen molar-refractivity contribution < 1.29 is 14.3 Å². The van der Waals surface area contributed by atoms with E-state index in [9.17, 15) is 4.79 Å². The van der Waals surface area contributed by atoms with E-state index in [-0.39, 0.29) is 12.2 Å². The number of hydrogen-bond acceptors (Lipinski definition) is 4. The number of esters is 1. The van der Waals surface area contributed by atoms with Gasteiger partial charge in [-0.25, -0.2) is 4.79 Å².